The molecule has 4 heteroatoms. The Labute approximate surface area is 103 Å². The van der Waals surface area contributed by atoms with E-state index in [0.29, 0.717) is 10.6 Å². The molecule has 1 aromatic heterocycles. The van der Waals surface area contributed by atoms with Crippen molar-refractivity contribution >= 4 is 23.4 Å². The summed E-state index contributed by atoms with van der Waals surface area (Å²) in [6.45, 7) is 0. The van der Waals surface area contributed by atoms with E-state index in [2.05, 4.69) is 4.98 Å². The molecule has 1 aromatic carbocycles. The maximum Gasteiger partial charge on any atom is 0.101 e. The lowest BCUT2D eigenvalue weighted by Crippen LogP contribution is -1.81. The van der Waals surface area contributed by atoms with Gasteiger partial charge < -0.3 is 0 Å². The molecule has 0 aliphatic heterocycles. The van der Waals surface area contributed by atoms with Crippen LogP contribution in [0.5, 0.6) is 0 Å². The van der Waals surface area contributed by atoms with Gasteiger partial charge in [-0.2, -0.15) is 5.26 Å². The van der Waals surface area contributed by atoms with E-state index in [1.54, 1.807) is 12.3 Å². The van der Waals surface area contributed by atoms with Crippen LogP contribution in [-0.4, -0.2) is 4.98 Å². The second kappa shape index (κ2) is 5.02. The van der Waals surface area contributed by atoms with E-state index >= 15 is 0 Å². The standard InChI is InChI=1S/C12H7ClN2S/c13-10-2-1-3-11(6-10)16-12-5-4-9(7-14)8-15-12/h1-6,8H. The first-order chi connectivity index (χ1) is 7.78. The van der Waals surface area contributed by atoms with Crippen molar-refractivity contribution in [2.75, 3.05) is 0 Å². The molecule has 2 rings (SSSR count). The summed E-state index contributed by atoms with van der Waals surface area (Å²) in [7, 11) is 0. The SMILES string of the molecule is N#Cc1ccc(Sc2cccc(Cl)c2)nc1. The van der Waals surface area contributed by atoms with Crippen molar-refractivity contribution < 1.29 is 0 Å². The first-order valence-electron chi connectivity index (χ1n) is 4.57. The van der Waals surface area contributed by atoms with Crippen LogP contribution in [0.25, 0.3) is 0 Å². The van der Waals surface area contributed by atoms with Crippen molar-refractivity contribution in [1.82, 2.24) is 4.98 Å². The summed E-state index contributed by atoms with van der Waals surface area (Å²) in [4.78, 5) is 5.20. The maximum absolute atomic E-state index is 8.64. The summed E-state index contributed by atoms with van der Waals surface area (Å²) in [5.41, 5.74) is 0.565. The van der Waals surface area contributed by atoms with Gasteiger partial charge >= 0.3 is 0 Å². The average Bonchev–Trinajstić information content (AvgIpc) is 2.30. The number of nitriles is 1. The Morgan fingerprint density at radius 3 is 2.75 bits per heavy atom. The molecule has 0 N–H and O–H groups in total. The quantitative estimate of drug-likeness (QED) is 0.810. The van der Waals surface area contributed by atoms with Gasteiger partial charge in [0.25, 0.3) is 0 Å². The highest BCUT2D eigenvalue weighted by Gasteiger charge is 1.99. The molecule has 0 saturated carbocycles. The second-order valence-electron chi connectivity index (χ2n) is 3.06. The number of pyridine rings is 1. The third-order valence-electron chi connectivity index (χ3n) is 1.88. The molecule has 16 heavy (non-hydrogen) atoms. The Bertz CT molecular complexity index is 531. The molecule has 2 aromatic rings. The van der Waals surface area contributed by atoms with Gasteiger partial charge in [-0.25, -0.2) is 4.98 Å². The predicted octanol–water partition coefficient (Wildman–Crippen LogP) is 3.76. The molecular formula is C12H7ClN2S. The van der Waals surface area contributed by atoms with E-state index in [1.807, 2.05) is 36.4 Å². The second-order valence-corrected chi connectivity index (χ2v) is 4.59. The maximum atomic E-state index is 8.64. The van der Waals surface area contributed by atoms with E-state index in [4.69, 9.17) is 16.9 Å². The van der Waals surface area contributed by atoms with Crippen molar-refractivity contribution in [1.29, 1.82) is 5.26 Å². The molecule has 0 fully saturated rings. The van der Waals surface area contributed by atoms with Crippen molar-refractivity contribution in [2.24, 2.45) is 0 Å². The largest absolute Gasteiger partial charge is 0.248 e. The van der Waals surface area contributed by atoms with E-state index in [9.17, 15) is 0 Å². The summed E-state index contributed by atoms with van der Waals surface area (Å²) in [5, 5.41) is 10.2. The smallest absolute Gasteiger partial charge is 0.101 e. The molecule has 0 bridgehead atoms. The van der Waals surface area contributed by atoms with Gasteiger partial charge in [0.05, 0.1) is 5.56 Å². The number of hydrogen-bond donors (Lipinski definition) is 0. The number of aromatic nitrogens is 1. The number of benzene rings is 1. The van der Waals surface area contributed by atoms with Gasteiger partial charge in [0.2, 0.25) is 0 Å². The Morgan fingerprint density at radius 2 is 2.12 bits per heavy atom. The lowest BCUT2D eigenvalue weighted by atomic mass is 10.3. The fourth-order valence-corrected chi connectivity index (χ4v) is 2.23. The molecule has 0 aliphatic rings. The van der Waals surface area contributed by atoms with Gasteiger partial charge in [-0.1, -0.05) is 29.4 Å². The van der Waals surface area contributed by atoms with Crippen LogP contribution in [0.3, 0.4) is 0 Å². The summed E-state index contributed by atoms with van der Waals surface area (Å²) < 4.78 is 0. The van der Waals surface area contributed by atoms with Crippen LogP contribution >= 0.6 is 23.4 Å². The van der Waals surface area contributed by atoms with Gasteiger partial charge in [-0.05, 0) is 30.3 Å². The van der Waals surface area contributed by atoms with Crippen molar-refractivity contribution in [2.45, 2.75) is 9.92 Å². The van der Waals surface area contributed by atoms with Crippen molar-refractivity contribution in [3.05, 3.63) is 53.2 Å². The van der Waals surface area contributed by atoms with Crippen LogP contribution in [0.4, 0.5) is 0 Å². The number of hydrogen-bond acceptors (Lipinski definition) is 3. The van der Waals surface area contributed by atoms with Crippen LogP contribution in [-0.2, 0) is 0 Å². The lowest BCUT2D eigenvalue weighted by Gasteiger charge is -2.00. The van der Waals surface area contributed by atoms with Crippen LogP contribution in [0.15, 0.2) is 52.5 Å². The first kappa shape index (κ1) is 11.0. The van der Waals surface area contributed by atoms with E-state index in [0.717, 1.165) is 9.92 Å². The highest BCUT2D eigenvalue weighted by Crippen LogP contribution is 2.27. The molecule has 0 spiro atoms. The summed E-state index contributed by atoms with van der Waals surface area (Å²) in [6, 6.07) is 13.2. The molecule has 0 radical (unpaired) electrons. The Hall–Kier alpha value is -1.50. The predicted molar refractivity (Wildman–Crippen MR) is 64.5 cm³/mol. The monoisotopic (exact) mass is 246 g/mol. The molecule has 0 unspecified atom stereocenters. The highest BCUT2D eigenvalue weighted by molar-refractivity contribution is 7.99. The minimum absolute atomic E-state index is 0.565. The first-order valence-corrected chi connectivity index (χ1v) is 5.77. The van der Waals surface area contributed by atoms with E-state index in [-0.39, 0.29) is 0 Å². The molecule has 0 aliphatic carbocycles. The molecule has 78 valence electrons. The normalized spacial score (nSPS) is 9.75. The molecule has 0 atom stereocenters. The van der Waals surface area contributed by atoms with Crippen molar-refractivity contribution in [3.8, 4) is 6.07 Å². The molecular weight excluding hydrogens is 240 g/mol. The van der Waals surface area contributed by atoms with Crippen molar-refractivity contribution in [3.63, 3.8) is 0 Å². The van der Waals surface area contributed by atoms with Gasteiger partial charge in [-0.15, -0.1) is 0 Å². The Balaban J connectivity index is 2.18. The number of nitrogens with zero attached hydrogens (tertiary/aromatic N) is 2. The fourth-order valence-electron chi connectivity index (χ4n) is 1.16. The zero-order chi connectivity index (χ0) is 11.4. The molecule has 0 amide bonds. The van der Waals surface area contributed by atoms with Crippen LogP contribution < -0.4 is 0 Å². The average molecular weight is 247 g/mol. The Kier molecular flexibility index (Phi) is 3.45. The molecule has 2 nitrogen and oxygen atoms in total. The summed E-state index contributed by atoms with van der Waals surface area (Å²) in [5.74, 6) is 0. The number of rotatable bonds is 2. The van der Waals surface area contributed by atoms with E-state index < -0.39 is 0 Å². The van der Waals surface area contributed by atoms with Gasteiger partial charge in [-0.3, -0.25) is 0 Å². The zero-order valence-electron chi connectivity index (χ0n) is 8.22. The topological polar surface area (TPSA) is 36.7 Å². The molecule has 1 heterocycles. The van der Waals surface area contributed by atoms with Crippen LogP contribution in [0.1, 0.15) is 5.56 Å². The van der Waals surface area contributed by atoms with Gasteiger partial charge in [0, 0.05) is 16.1 Å². The molecule has 0 saturated heterocycles. The van der Waals surface area contributed by atoms with Crippen LogP contribution in [0, 0.1) is 11.3 Å². The van der Waals surface area contributed by atoms with Gasteiger partial charge in [0.15, 0.2) is 0 Å². The highest BCUT2D eigenvalue weighted by atomic mass is 35.5. The zero-order valence-corrected chi connectivity index (χ0v) is 9.79. The fraction of sp³-hybridized carbons (Fsp3) is 0. The van der Waals surface area contributed by atoms with Crippen LogP contribution in [0.2, 0.25) is 5.02 Å². The number of halogens is 1. The summed E-state index contributed by atoms with van der Waals surface area (Å²) in [6.07, 6.45) is 1.56. The lowest BCUT2D eigenvalue weighted by molar-refractivity contribution is 1.12. The minimum Gasteiger partial charge on any atom is -0.248 e. The Morgan fingerprint density at radius 1 is 1.25 bits per heavy atom. The summed E-state index contributed by atoms with van der Waals surface area (Å²) >= 11 is 7.40. The third kappa shape index (κ3) is 2.75. The third-order valence-corrected chi connectivity index (χ3v) is 3.06. The van der Waals surface area contributed by atoms with Gasteiger partial charge in [0.1, 0.15) is 11.1 Å². The minimum atomic E-state index is 0.565. The van der Waals surface area contributed by atoms with E-state index in [1.165, 1.54) is 11.8 Å².